The van der Waals surface area contributed by atoms with Crippen molar-refractivity contribution in [3.05, 3.63) is 30.3 Å². The number of benzene rings is 1. The van der Waals surface area contributed by atoms with Crippen molar-refractivity contribution in [3.63, 3.8) is 0 Å². The van der Waals surface area contributed by atoms with Crippen LogP contribution in [0.5, 0.6) is 0 Å². The van der Waals surface area contributed by atoms with Crippen molar-refractivity contribution >= 4 is 29.5 Å². The fraction of sp³-hybridized carbons (Fsp3) is 0.474. The molecule has 0 bridgehead atoms. The van der Waals surface area contributed by atoms with Crippen LogP contribution in [-0.2, 0) is 19.1 Å². The van der Waals surface area contributed by atoms with E-state index < -0.39 is 30.6 Å². The lowest BCUT2D eigenvalue weighted by Gasteiger charge is -2.37. The van der Waals surface area contributed by atoms with Gasteiger partial charge in [0.2, 0.25) is 0 Å². The number of urea groups is 1. The number of imide groups is 1. The number of piperazine rings is 1. The maximum atomic E-state index is 12.6. The van der Waals surface area contributed by atoms with Crippen molar-refractivity contribution < 1.29 is 23.9 Å². The number of para-hydroxylation sites is 1. The summed E-state index contributed by atoms with van der Waals surface area (Å²) < 4.78 is 5.16. The molecule has 0 aliphatic carbocycles. The zero-order chi connectivity index (χ0) is 20.3. The number of nitrogens with zero attached hydrogens (tertiary/aromatic N) is 4. The molecule has 2 fully saturated rings. The van der Waals surface area contributed by atoms with Crippen molar-refractivity contribution in [2.45, 2.75) is 13.0 Å². The van der Waals surface area contributed by atoms with Crippen molar-refractivity contribution in [3.8, 4) is 0 Å². The van der Waals surface area contributed by atoms with Gasteiger partial charge in [-0.05, 0) is 19.1 Å². The van der Waals surface area contributed by atoms with Crippen LogP contribution < -0.4 is 4.90 Å². The van der Waals surface area contributed by atoms with Crippen LogP contribution >= 0.6 is 0 Å². The summed E-state index contributed by atoms with van der Waals surface area (Å²) in [6, 6.07) is 9.42. The minimum Gasteiger partial charge on any atom is -0.451 e. The average molecular weight is 388 g/mol. The van der Waals surface area contributed by atoms with Gasteiger partial charge in [0.05, 0.1) is 0 Å². The Kier molecular flexibility index (Phi) is 5.81. The van der Waals surface area contributed by atoms with Crippen LogP contribution in [0.15, 0.2) is 30.3 Å². The zero-order valence-corrected chi connectivity index (χ0v) is 16.0. The standard InChI is InChI=1S/C19H24N4O5/c1-14(28-17(25)13-23-16(24)12-20(2)19(23)27)18(26)22-10-8-21(9-11-22)15-6-4-3-5-7-15/h3-7,14H,8-13H2,1-2H3/t14-/m1/s1. The zero-order valence-electron chi connectivity index (χ0n) is 16.0. The Bertz CT molecular complexity index is 761. The van der Waals surface area contributed by atoms with Crippen LogP contribution in [0.3, 0.4) is 0 Å². The van der Waals surface area contributed by atoms with Crippen molar-refractivity contribution in [2.24, 2.45) is 0 Å². The second kappa shape index (κ2) is 8.28. The van der Waals surface area contributed by atoms with Gasteiger partial charge in [-0.3, -0.25) is 19.3 Å². The lowest BCUT2D eigenvalue weighted by molar-refractivity contribution is -0.160. The largest absolute Gasteiger partial charge is 0.451 e. The summed E-state index contributed by atoms with van der Waals surface area (Å²) in [5, 5.41) is 0. The predicted molar refractivity (Wildman–Crippen MR) is 101 cm³/mol. The van der Waals surface area contributed by atoms with Gasteiger partial charge in [-0.1, -0.05) is 18.2 Å². The number of carbonyl (C=O) groups excluding carboxylic acids is 4. The molecule has 3 rings (SSSR count). The fourth-order valence-electron chi connectivity index (χ4n) is 3.32. The van der Waals surface area contributed by atoms with Gasteiger partial charge < -0.3 is 19.4 Å². The van der Waals surface area contributed by atoms with Crippen LogP contribution in [0.4, 0.5) is 10.5 Å². The molecule has 0 spiro atoms. The Balaban J connectivity index is 1.48. The Morgan fingerprint density at radius 2 is 1.71 bits per heavy atom. The normalized spacial score (nSPS) is 18.5. The summed E-state index contributed by atoms with van der Waals surface area (Å²) in [7, 11) is 1.48. The van der Waals surface area contributed by atoms with Gasteiger partial charge in [0.15, 0.2) is 6.10 Å². The van der Waals surface area contributed by atoms with Crippen molar-refractivity contribution in [1.82, 2.24) is 14.7 Å². The summed E-state index contributed by atoms with van der Waals surface area (Å²) in [4.78, 5) is 54.1. The Hall–Kier alpha value is -3.10. The van der Waals surface area contributed by atoms with Crippen LogP contribution in [0.25, 0.3) is 0 Å². The number of rotatable bonds is 5. The molecule has 0 unspecified atom stereocenters. The SMILES string of the molecule is C[C@@H](OC(=O)CN1C(=O)CN(C)C1=O)C(=O)N1CCN(c2ccccc2)CC1. The molecule has 1 aromatic carbocycles. The first-order valence-electron chi connectivity index (χ1n) is 9.20. The molecule has 2 aliphatic heterocycles. The third kappa shape index (κ3) is 4.24. The van der Waals surface area contributed by atoms with E-state index in [2.05, 4.69) is 4.90 Å². The quantitative estimate of drug-likeness (QED) is 0.527. The number of amides is 4. The van der Waals surface area contributed by atoms with Gasteiger partial charge in [0, 0.05) is 38.9 Å². The lowest BCUT2D eigenvalue weighted by Crippen LogP contribution is -2.52. The molecule has 2 saturated heterocycles. The Labute approximate surface area is 163 Å². The summed E-state index contributed by atoms with van der Waals surface area (Å²) in [5.74, 6) is -1.52. The molecule has 1 aromatic rings. The molecule has 9 heteroatoms. The van der Waals surface area contributed by atoms with Crippen LogP contribution in [0, 0.1) is 0 Å². The highest BCUT2D eigenvalue weighted by molar-refractivity contribution is 6.04. The summed E-state index contributed by atoms with van der Waals surface area (Å²) in [6.07, 6.45) is -0.971. The third-order valence-electron chi connectivity index (χ3n) is 4.89. The second-order valence-electron chi connectivity index (χ2n) is 6.90. The molecular formula is C19H24N4O5. The molecule has 2 aliphatic rings. The first-order valence-corrected chi connectivity index (χ1v) is 9.20. The molecule has 0 radical (unpaired) electrons. The van der Waals surface area contributed by atoms with Gasteiger partial charge in [-0.25, -0.2) is 4.79 Å². The van der Waals surface area contributed by atoms with E-state index in [-0.39, 0.29) is 12.5 Å². The molecule has 0 N–H and O–H groups in total. The maximum absolute atomic E-state index is 12.6. The summed E-state index contributed by atoms with van der Waals surface area (Å²) in [6.45, 7) is 3.41. The number of likely N-dealkylation sites (N-methyl/N-ethyl adjacent to an activating group) is 1. The first kappa shape index (κ1) is 19.7. The van der Waals surface area contributed by atoms with Gasteiger partial charge in [-0.15, -0.1) is 0 Å². The lowest BCUT2D eigenvalue weighted by atomic mass is 10.2. The van der Waals surface area contributed by atoms with Gasteiger partial charge in [0.25, 0.3) is 11.8 Å². The number of anilines is 1. The smallest absolute Gasteiger partial charge is 0.327 e. The van der Waals surface area contributed by atoms with E-state index in [1.807, 2.05) is 30.3 Å². The van der Waals surface area contributed by atoms with E-state index in [0.29, 0.717) is 26.2 Å². The minimum atomic E-state index is -0.971. The molecule has 28 heavy (non-hydrogen) atoms. The number of esters is 1. The van der Waals surface area contributed by atoms with E-state index in [0.717, 1.165) is 10.6 Å². The van der Waals surface area contributed by atoms with Crippen molar-refractivity contribution in [1.29, 1.82) is 0 Å². The molecule has 150 valence electrons. The number of ether oxygens (including phenoxy) is 1. The number of hydrogen-bond acceptors (Lipinski definition) is 6. The second-order valence-corrected chi connectivity index (χ2v) is 6.90. The maximum Gasteiger partial charge on any atom is 0.327 e. The topological polar surface area (TPSA) is 90.5 Å². The highest BCUT2D eigenvalue weighted by Crippen LogP contribution is 2.16. The third-order valence-corrected chi connectivity index (χ3v) is 4.89. The number of hydrogen-bond donors (Lipinski definition) is 0. The van der Waals surface area contributed by atoms with E-state index >= 15 is 0 Å². The van der Waals surface area contributed by atoms with Gasteiger partial charge in [-0.2, -0.15) is 0 Å². The first-order chi connectivity index (χ1) is 13.4. The van der Waals surface area contributed by atoms with Gasteiger partial charge >= 0.3 is 12.0 Å². The Morgan fingerprint density at radius 3 is 2.29 bits per heavy atom. The van der Waals surface area contributed by atoms with Gasteiger partial charge in [0.1, 0.15) is 13.1 Å². The molecule has 2 heterocycles. The highest BCUT2D eigenvalue weighted by atomic mass is 16.5. The molecule has 9 nitrogen and oxygen atoms in total. The predicted octanol–water partition coefficient (Wildman–Crippen LogP) is 0.161. The Morgan fingerprint density at radius 1 is 1.07 bits per heavy atom. The average Bonchev–Trinajstić information content (AvgIpc) is 2.94. The van der Waals surface area contributed by atoms with E-state index in [4.69, 9.17) is 4.74 Å². The highest BCUT2D eigenvalue weighted by Gasteiger charge is 2.36. The fourth-order valence-corrected chi connectivity index (χ4v) is 3.32. The van der Waals surface area contributed by atoms with E-state index in [1.165, 1.54) is 18.9 Å². The summed E-state index contributed by atoms with van der Waals surface area (Å²) in [5.41, 5.74) is 1.11. The van der Waals surface area contributed by atoms with Crippen LogP contribution in [-0.4, -0.2) is 90.9 Å². The number of carbonyl (C=O) groups is 4. The molecular weight excluding hydrogens is 364 g/mol. The van der Waals surface area contributed by atoms with Crippen molar-refractivity contribution in [2.75, 3.05) is 51.2 Å². The molecule has 4 amide bonds. The monoisotopic (exact) mass is 388 g/mol. The van der Waals surface area contributed by atoms with Crippen LogP contribution in [0.1, 0.15) is 6.92 Å². The summed E-state index contributed by atoms with van der Waals surface area (Å²) >= 11 is 0. The molecule has 1 atom stereocenters. The van der Waals surface area contributed by atoms with Crippen LogP contribution in [0.2, 0.25) is 0 Å². The van der Waals surface area contributed by atoms with E-state index in [1.54, 1.807) is 4.90 Å². The molecule has 0 aromatic heterocycles. The molecule has 0 saturated carbocycles. The minimum absolute atomic E-state index is 0.0632. The van der Waals surface area contributed by atoms with E-state index in [9.17, 15) is 19.2 Å².